The van der Waals surface area contributed by atoms with Crippen molar-refractivity contribution in [1.29, 1.82) is 0 Å². The van der Waals surface area contributed by atoms with Crippen molar-refractivity contribution in [3.05, 3.63) is 90.7 Å². The van der Waals surface area contributed by atoms with Crippen molar-refractivity contribution in [2.75, 3.05) is 11.9 Å². The summed E-state index contributed by atoms with van der Waals surface area (Å²) < 4.78 is 57.4. The van der Waals surface area contributed by atoms with Crippen LogP contribution in [0.3, 0.4) is 0 Å². The zero-order valence-corrected chi connectivity index (χ0v) is 21.9. The molecule has 1 aromatic heterocycles. The number of fused-ring (bicyclic) bond motifs is 1. The molecule has 0 spiro atoms. The van der Waals surface area contributed by atoms with E-state index in [1.165, 1.54) is 36.4 Å². The summed E-state index contributed by atoms with van der Waals surface area (Å²) in [5, 5.41) is 3.35. The first-order valence-corrected chi connectivity index (χ1v) is 12.0. The number of hydrogen-bond acceptors (Lipinski definition) is 5. The van der Waals surface area contributed by atoms with E-state index in [0.29, 0.717) is 21.2 Å². The molecule has 1 heterocycles. The first-order valence-electron chi connectivity index (χ1n) is 10.8. The highest BCUT2D eigenvalue weighted by atomic mass is 35.5. The zero-order chi connectivity index (χ0) is 27.8. The molecular formula is C26H17Cl3F3NO5. The lowest BCUT2D eigenvalue weighted by Crippen LogP contribution is -2.20. The second kappa shape index (κ2) is 10.8. The van der Waals surface area contributed by atoms with E-state index in [-0.39, 0.29) is 27.6 Å². The molecule has 0 saturated carbocycles. The summed E-state index contributed by atoms with van der Waals surface area (Å²) in [6.45, 7) is 2.80. The summed E-state index contributed by atoms with van der Waals surface area (Å²) >= 11 is 18.0. The molecule has 38 heavy (non-hydrogen) atoms. The molecule has 3 aromatic carbocycles. The van der Waals surface area contributed by atoms with Crippen molar-refractivity contribution in [2.45, 2.75) is 20.0 Å². The number of carbonyl (C=O) groups is 1. The van der Waals surface area contributed by atoms with Crippen molar-refractivity contribution in [2.24, 2.45) is 0 Å². The Bertz CT molecular complexity index is 1600. The molecule has 0 fully saturated rings. The Hall–Kier alpha value is -3.40. The minimum Gasteiger partial charge on any atom is -0.484 e. The van der Waals surface area contributed by atoms with Crippen molar-refractivity contribution in [3.63, 3.8) is 0 Å². The van der Waals surface area contributed by atoms with Crippen molar-refractivity contribution in [1.82, 2.24) is 0 Å². The molecule has 0 aliphatic carbocycles. The molecule has 0 saturated heterocycles. The molecular weight excluding hydrogens is 570 g/mol. The Morgan fingerprint density at radius 1 is 0.974 bits per heavy atom. The van der Waals surface area contributed by atoms with Crippen molar-refractivity contribution < 1.29 is 31.9 Å². The number of carbonyl (C=O) groups excluding carboxylic acids is 1. The van der Waals surface area contributed by atoms with E-state index in [0.717, 1.165) is 6.07 Å². The molecule has 198 valence electrons. The highest BCUT2D eigenvalue weighted by Gasteiger charge is 2.40. The van der Waals surface area contributed by atoms with Gasteiger partial charge in [0.2, 0.25) is 11.2 Å². The monoisotopic (exact) mass is 585 g/mol. The van der Waals surface area contributed by atoms with Crippen LogP contribution in [0.1, 0.15) is 16.9 Å². The molecule has 0 unspecified atom stereocenters. The molecule has 12 heteroatoms. The molecule has 0 atom stereocenters. The van der Waals surface area contributed by atoms with Crippen molar-refractivity contribution in [3.8, 4) is 17.2 Å². The van der Waals surface area contributed by atoms with Gasteiger partial charge in [0.05, 0.1) is 16.1 Å². The fraction of sp³-hybridized carbons (Fsp3) is 0.154. The fourth-order valence-corrected chi connectivity index (χ4v) is 3.98. The molecule has 4 aromatic rings. The van der Waals surface area contributed by atoms with Gasteiger partial charge >= 0.3 is 6.18 Å². The first-order chi connectivity index (χ1) is 17.8. The van der Waals surface area contributed by atoms with Gasteiger partial charge in [0.1, 0.15) is 17.1 Å². The summed E-state index contributed by atoms with van der Waals surface area (Å²) in [6.07, 6.45) is -5.05. The van der Waals surface area contributed by atoms with Crippen LogP contribution in [0.5, 0.6) is 17.2 Å². The number of alkyl halides is 3. The van der Waals surface area contributed by atoms with Gasteiger partial charge < -0.3 is 19.2 Å². The summed E-state index contributed by atoms with van der Waals surface area (Å²) in [7, 11) is 0. The third kappa shape index (κ3) is 6.01. The lowest BCUT2D eigenvalue weighted by Gasteiger charge is -2.15. The van der Waals surface area contributed by atoms with Crippen LogP contribution in [0, 0.1) is 13.8 Å². The van der Waals surface area contributed by atoms with Crippen LogP contribution in [-0.2, 0) is 11.0 Å². The zero-order valence-electron chi connectivity index (χ0n) is 19.6. The van der Waals surface area contributed by atoms with Gasteiger partial charge in [-0.25, -0.2) is 0 Å². The van der Waals surface area contributed by atoms with Gasteiger partial charge in [-0.15, -0.1) is 0 Å². The Balaban J connectivity index is 1.63. The maximum Gasteiger partial charge on any atom is 0.453 e. The normalized spacial score (nSPS) is 11.5. The maximum atomic E-state index is 13.9. The van der Waals surface area contributed by atoms with Gasteiger partial charge in [-0.1, -0.05) is 34.8 Å². The third-order valence-electron chi connectivity index (χ3n) is 5.28. The number of anilines is 1. The highest BCUT2D eigenvalue weighted by molar-refractivity contribution is 6.35. The van der Waals surface area contributed by atoms with Crippen LogP contribution >= 0.6 is 34.8 Å². The quantitative estimate of drug-likeness (QED) is 0.246. The predicted octanol–water partition coefficient (Wildman–Crippen LogP) is 8.20. The minimum absolute atomic E-state index is 0.00711. The highest BCUT2D eigenvalue weighted by Crippen LogP contribution is 2.39. The Morgan fingerprint density at radius 3 is 2.32 bits per heavy atom. The molecule has 6 nitrogen and oxygen atoms in total. The Labute approximate surface area is 228 Å². The van der Waals surface area contributed by atoms with Crippen LogP contribution in [0.25, 0.3) is 11.0 Å². The van der Waals surface area contributed by atoms with Crippen LogP contribution in [0.15, 0.2) is 57.7 Å². The van der Waals surface area contributed by atoms with Crippen LogP contribution in [0.2, 0.25) is 15.1 Å². The molecule has 4 rings (SSSR count). The van der Waals surface area contributed by atoms with E-state index < -0.39 is 41.2 Å². The number of benzene rings is 3. The second-order valence-corrected chi connectivity index (χ2v) is 9.40. The number of nitrogens with one attached hydrogen (secondary N) is 1. The number of ether oxygens (including phenoxy) is 2. The number of hydrogen-bond donors (Lipinski definition) is 1. The smallest absolute Gasteiger partial charge is 0.453 e. The van der Waals surface area contributed by atoms with Gasteiger partial charge in [0.15, 0.2) is 6.61 Å². The third-order valence-corrected chi connectivity index (χ3v) is 6.44. The van der Waals surface area contributed by atoms with Crippen LogP contribution in [0.4, 0.5) is 18.9 Å². The van der Waals surface area contributed by atoms with E-state index in [1.54, 1.807) is 19.9 Å². The van der Waals surface area contributed by atoms with Crippen LogP contribution < -0.4 is 20.2 Å². The van der Waals surface area contributed by atoms with E-state index in [9.17, 15) is 22.8 Å². The van der Waals surface area contributed by atoms with Gasteiger partial charge in [-0.3, -0.25) is 9.59 Å². The fourth-order valence-electron chi connectivity index (χ4n) is 3.54. The molecule has 0 aliphatic rings. The molecule has 0 aliphatic heterocycles. The van der Waals surface area contributed by atoms with Gasteiger partial charge in [-0.2, -0.15) is 13.2 Å². The molecule has 1 N–H and O–H groups in total. The Kier molecular flexibility index (Phi) is 7.83. The van der Waals surface area contributed by atoms with Gasteiger partial charge in [0, 0.05) is 16.1 Å². The average Bonchev–Trinajstić information content (AvgIpc) is 2.84. The molecule has 0 radical (unpaired) electrons. The minimum atomic E-state index is -5.05. The van der Waals surface area contributed by atoms with E-state index in [1.807, 2.05) is 0 Å². The lowest BCUT2D eigenvalue weighted by atomic mass is 10.1. The van der Waals surface area contributed by atoms with Crippen LogP contribution in [-0.4, -0.2) is 12.5 Å². The van der Waals surface area contributed by atoms with Gasteiger partial charge in [0.25, 0.3) is 11.7 Å². The van der Waals surface area contributed by atoms with Crippen molar-refractivity contribution >= 4 is 57.4 Å². The lowest BCUT2D eigenvalue weighted by molar-refractivity contribution is -0.154. The number of halogens is 6. The number of rotatable bonds is 6. The van der Waals surface area contributed by atoms with E-state index in [4.69, 9.17) is 48.7 Å². The molecule has 0 bridgehead atoms. The maximum absolute atomic E-state index is 13.9. The van der Waals surface area contributed by atoms with E-state index in [2.05, 4.69) is 5.32 Å². The Morgan fingerprint density at radius 2 is 1.66 bits per heavy atom. The second-order valence-electron chi connectivity index (χ2n) is 8.18. The van der Waals surface area contributed by atoms with Gasteiger partial charge in [-0.05, 0) is 67.4 Å². The van der Waals surface area contributed by atoms with E-state index >= 15 is 0 Å². The number of amides is 1. The predicted molar refractivity (Wildman–Crippen MR) is 139 cm³/mol. The summed E-state index contributed by atoms with van der Waals surface area (Å²) in [6, 6.07) is 10.9. The SMILES string of the molecule is Cc1cc(Oc2c(C(F)(F)F)oc3cc(OCC(=O)Nc4cc(Cl)ccc4Cl)ccc3c2=O)cc(C)c1Cl. The average molecular weight is 587 g/mol. The summed E-state index contributed by atoms with van der Waals surface area (Å²) in [5.74, 6) is -3.27. The number of aryl methyl sites for hydroxylation is 2. The molecule has 1 amide bonds. The largest absolute Gasteiger partial charge is 0.484 e. The summed E-state index contributed by atoms with van der Waals surface area (Å²) in [4.78, 5) is 25.3. The topological polar surface area (TPSA) is 77.8 Å². The standard InChI is InChI=1S/C26H17Cl3F3NO5/c1-12-7-16(8-13(2)22(12)29)37-24-23(35)17-5-4-15(10-20(17)38-25(24)26(30,31)32)36-11-21(34)33-19-9-14(27)3-6-18(19)28/h3-10H,11H2,1-2H3,(H,33,34). The summed E-state index contributed by atoms with van der Waals surface area (Å²) in [5.41, 5.74) is -0.0731. The first kappa shape index (κ1) is 27.6.